The Hall–Kier alpha value is -1.62. The first-order valence-electron chi connectivity index (χ1n) is 4.39. The van der Waals surface area contributed by atoms with Crippen molar-refractivity contribution in [2.24, 2.45) is 0 Å². The van der Waals surface area contributed by atoms with Crippen molar-refractivity contribution in [3.8, 4) is 0 Å². The second kappa shape index (κ2) is 3.86. The predicted octanol–water partition coefficient (Wildman–Crippen LogP) is 1.56. The third-order valence-corrected chi connectivity index (χ3v) is 2.19. The highest BCUT2D eigenvalue weighted by Gasteiger charge is 2.13. The Morgan fingerprint density at radius 3 is 3.20 bits per heavy atom. The zero-order valence-electron chi connectivity index (χ0n) is 7.98. The van der Waals surface area contributed by atoms with Crippen LogP contribution in [-0.2, 0) is 4.74 Å². The summed E-state index contributed by atoms with van der Waals surface area (Å²) >= 11 is 5.92. The van der Waals surface area contributed by atoms with Gasteiger partial charge in [0.2, 0.25) is 0 Å². The van der Waals surface area contributed by atoms with Crippen LogP contribution in [0.15, 0.2) is 18.5 Å². The molecule has 0 aliphatic rings. The lowest BCUT2D eigenvalue weighted by Crippen LogP contribution is -2.07. The predicted molar refractivity (Wildman–Crippen MR) is 54.0 cm³/mol. The largest absolute Gasteiger partial charge is 0.462 e. The van der Waals surface area contributed by atoms with Crippen molar-refractivity contribution in [1.82, 2.24) is 14.8 Å². The van der Waals surface area contributed by atoms with Crippen LogP contribution in [0.1, 0.15) is 17.3 Å². The minimum atomic E-state index is -0.458. The van der Waals surface area contributed by atoms with E-state index in [1.807, 2.05) is 0 Å². The maximum absolute atomic E-state index is 11.5. The van der Waals surface area contributed by atoms with Crippen molar-refractivity contribution in [1.29, 1.82) is 0 Å². The van der Waals surface area contributed by atoms with Crippen LogP contribution >= 0.6 is 11.6 Å². The van der Waals surface area contributed by atoms with Gasteiger partial charge in [0.05, 0.1) is 28.9 Å². The van der Waals surface area contributed by atoms with Gasteiger partial charge in [-0.2, -0.15) is 0 Å². The monoisotopic (exact) mass is 225 g/mol. The molecule has 2 aromatic rings. The zero-order valence-corrected chi connectivity index (χ0v) is 8.73. The number of esters is 1. The molecule has 2 heterocycles. The number of carbonyl (C=O) groups excluding carboxylic acids is 1. The summed E-state index contributed by atoms with van der Waals surface area (Å²) in [6, 6.07) is 1.62. The molecule has 0 aliphatic carbocycles. The lowest BCUT2D eigenvalue weighted by molar-refractivity contribution is 0.0526. The zero-order chi connectivity index (χ0) is 10.8. The fraction of sp³-hybridized carbons (Fsp3) is 0.222. The van der Waals surface area contributed by atoms with Crippen LogP contribution in [0.5, 0.6) is 0 Å². The first-order chi connectivity index (χ1) is 7.22. The van der Waals surface area contributed by atoms with Gasteiger partial charge in [0, 0.05) is 6.20 Å². The lowest BCUT2D eigenvalue weighted by atomic mass is 10.3. The number of halogens is 1. The molecular weight excluding hydrogens is 218 g/mol. The van der Waals surface area contributed by atoms with Crippen LogP contribution in [0.25, 0.3) is 5.52 Å². The van der Waals surface area contributed by atoms with Crippen molar-refractivity contribution < 1.29 is 9.53 Å². The summed E-state index contributed by atoms with van der Waals surface area (Å²) in [6.45, 7) is 2.05. The number of nitrogens with zero attached hydrogens (tertiary/aromatic N) is 3. The summed E-state index contributed by atoms with van der Waals surface area (Å²) in [5, 5.41) is 7.79. The molecular formula is C9H8ClN3O2. The molecule has 78 valence electrons. The van der Waals surface area contributed by atoms with Gasteiger partial charge in [0.1, 0.15) is 0 Å². The molecule has 15 heavy (non-hydrogen) atoms. The minimum Gasteiger partial charge on any atom is -0.462 e. The third kappa shape index (κ3) is 1.78. The van der Waals surface area contributed by atoms with E-state index in [4.69, 9.17) is 16.3 Å². The number of ether oxygens (including phenoxy) is 1. The van der Waals surface area contributed by atoms with E-state index in [1.165, 1.54) is 10.7 Å². The highest BCUT2D eigenvalue weighted by molar-refractivity contribution is 6.33. The Bertz CT molecular complexity index is 509. The average molecular weight is 226 g/mol. The molecule has 2 aromatic heterocycles. The Morgan fingerprint density at radius 1 is 1.67 bits per heavy atom. The maximum Gasteiger partial charge on any atom is 0.341 e. The van der Waals surface area contributed by atoms with Gasteiger partial charge in [0.25, 0.3) is 0 Å². The Balaban J connectivity index is 2.50. The molecule has 0 spiro atoms. The number of hydrogen-bond donors (Lipinski definition) is 0. The molecule has 0 aliphatic heterocycles. The lowest BCUT2D eigenvalue weighted by Gasteiger charge is -2.03. The van der Waals surface area contributed by atoms with Gasteiger partial charge < -0.3 is 4.74 Å². The average Bonchev–Trinajstić information content (AvgIpc) is 2.63. The number of aromatic nitrogens is 3. The number of rotatable bonds is 2. The van der Waals surface area contributed by atoms with Gasteiger partial charge in [-0.25, -0.2) is 9.31 Å². The van der Waals surface area contributed by atoms with E-state index in [2.05, 4.69) is 10.3 Å². The molecule has 6 heteroatoms. The molecule has 0 fully saturated rings. The number of pyridine rings is 1. The maximum atomic E-state index is 11.5. The molecule has 0 amide bonds. The number of carbonyl (C=O) groups is 1. The Labute approximate surface area is 90.6 Å². The Morgan fingerprint density at radius 2 is 2.47 bits per heavy atom. The van der Waals surface area contributed by atoms with Gasteiger partial charge in [-0.1, -0.05) is 16.8 Å². The summed E-state index contributed by atoms with van der Waals surface area (Å²) in [7, 11) is 0. The first kappa shape index (κ1) is 9.92. The van der Waals surface area contributed by atoms with E-state index < -0.39 is 5.97 Å². The summed E-state index contributed by atoms with van der Waals surface area (Å²) in [4.78, 5) is 11.5. The van der Waals surface area contributed by atoms with Crippen LogP contribution in [-0.4, -0.2) is 27.4 Å². The van der Waals surface area contributed by atoms with Crippen molar-refractivity contribution >= 4 is 23.1 Å². The topological polar surface area (TPSA) is 56.5 Å². The van der Waals surface area contributed by atoms with Crippen molar-refractivity contribution in [2.45, 2.75) is 6.92 Å². The molecule has 0 unspecified atom stereocenters. The van der Waals surface area contributed by atoms with Crippen molar-refractivity contribution in [3.63, 3.8) is 0 Å². The highest BCUT2D eigenvalue weighted by Crippen LogP contribution is 2.18. The number of hydrogen-bond acceptors (Lipinski definition) is 4. The van der Waals surface area contributed by atoms with E-state index in [1.54, 1.807) is 19.2 Å². The first-order valence-corrected chi connectivity index (χ1v) is 4.77. The van der Waals surface area contributed by atoms with Crippen LogP contribution in [0.3, 0.4) is 0 Å². The molecule has 0 N–H and O–H groups in total. The highest BCUT2D eigenvalue weighted by atomic mass is 35.5. The van der Waals surface area contributed by atoms with Crippen LogP contribution in [0.2, 0.25) is 5.02 Å². The van der Waals surface area contributed by atoms with E-state index in [0.29, 0.717) is 11.6 Å². The van der Waals surface area contributed by atoms with Gasteiger partial charge >= 0.3 is 5.97 Å². The van der Waals surface area contributed by atoms with Gasteiger partial charge in [-0.3, -0.25) is 0 Å². The molecule has 0 atom stereocenters. The summed E-state index contributed by atoms with van der Waals surface area (Å²) < 4.78 is 6.32. The fourth-order valence-corrected chi connectivity index (χ4v) is 1.44. The van der Waals surface area contributed by atoms with E-state index >= 15 is 0 Å². The normalized spacial score (nSPS) is 10.5. The minimum absolute atomic E-state index is 0.288. The standard InChI is InChI=1S/C9H8ClN3O2/c1-2-15-9(14)7-5-13-6(3-8(7)10)4-11-12-13/h3-5H,2H2,1H3. The smallest absolute Gasteiger partial charge is 0.341 e. The summed E-state index contributed by atoms with van der Waals surface area (Å²) in [6.07, 6.45) is 3.06. The third-order valence-electron chi connectivity index (χ3n) is 1.88. The van der Waals surface area contributed by atoms with Crippen LogP contribution in [0, 0.1) is 0 Å². The molecule has 0 aromatic carbocycles. The van der Waals surface area contributed by atoms with E-state index in [9.17, 15) is 4.79 Å². The Kier molecular flexibility index (Phi) is 2.55. The molecule has 5 nitrogen and oxygen atoms in total. The van der Waals surface area contributed by atoms with E-state index in [0.717, 1.165) is 5.52 Å². The fourth-order valence-electron chi connectivity index (χ4n) is 1.21. The summed E-state index contributed by atoms with van der Waals surface area (Å²) in [5.41, 5.74) is 1.02. The van der Waals surface area contributed by atoms with Crippen LogP contribution < -0.4 is 0 Å². The molecule has 0 radical (unpaired) electrons. The second-order valence-electron chi connectivity index (χ2n) is 2.86. The molecule has 0 bridgehead atoms. The van der Waals surface area contributed by atoms with Gasteiger partial charge in [-0.05, 0) is 13.0 Å². The summed E-state index contributed by atoms with van der Waals surface area (Å²) in [5.74, 6) is -0.458. The van der Waals surface area contributed by atoms with E-state index in [-0.39, 0.29) is 5.56 Å². The van der Waals surface area contributed by atoms with Crippen molar-refractivity contribution in [3.05, 3.63) is 29.0 Å². The second-order valence-corrected chi connectivity index (χ2v) is 3.27. The molecule has 0 saturated carbocycles. The SMILES string of the molecule is CCOC(=O)c1cn2nncc2cc1Cl. The van der Waals surface area contributed by atoms with Crippen LogP contribution in [0.4, 0.5) is 0 Å². The number of fused-ring (bicyclic) bond motifs is 1. The van der Waals surface area contributed by atoms with Gasteiger partial charge in [0.15, 0.2) is 0 Å². The van der Waals surface area contributed by atoms with Gasteiger partial charge in [-0.15, -0.1) is 5.10 Å². The van der Waals surface area contributed by atoms with Crippen molar-refractivity contribution in [2.75, 3.05) is 6.61 Å². The molecule has 0 saturated heterocycles. The quantitative estimate of drug-likeness (QED) is 0.728. The molecule has 2 rings (SSSR count).